The number of carbonyl (C=O) groups is 1. The maximum absolute atomic E-state index is 12.3. The van der Waals surface area contributed by atoms with E-state index in [1.165, 1.54) is 0 Å². The van der Waals surface area contributed by atoms with Gasteiger partial charge >= 0.3 is 6.09 Å². The van der Waals surface area contributed by atoms with Gasteiger partial charge in [0.2, 0.25) is 0 Å². The van der Waals surface area contributed by atoms with Crippen molar-refractivity contribution < 1.29 is 28.8 Å². The molecule has 0 spiro atoms. The maximum atomic E-state index is 12.3. The standard InChI is InChI=1S/C33H41NO6/c1-25(20-34-32(36)40-33(2,3)4)30(38-22-27-16-10-6-11-17-27)31(39-23-28-18-12-7-13-19-28)29(35)24-37-21-26-14-8-5-9-15-26/h5-19,29-31,35H,1,20-24H2,2-4H3,(H,34,36)/t29-,30-,31+/m1/s1. The van der Waals surface area contributed by atoms with Crippen molar-refractivity contribution in [1.82, 2.24) is 5.32 Å². The fourth-order valence-electron chi connectivity index (χ4n) is 3.94. The molecule has 0 bridgehead atoms. The largest absolute Gasteiger partial charge is 0.444 e. The molecule has 0 aliphatic carbocycles. The third kappa shape index (κ3) is 11.3. The van der Waals surface area contributed by atoms with Crippen LogP contribution in [0.1, 0.15) is 37.5 Å². The molecule has 0 saturated heterocycles. The van der Waals surface area contributed by atoms with Gasteiger partial charge in [-0.25, -0.2) is 4.79 Å². The Labute approximate surface area is 237 Å². The van der Waals surface area contributed by atoms with Gasteiger partial charge in [0.25, 0.3) is 0 Å². The molecular weight excluding hydrogens is 506 g/mol. The molecule has 1 amide bonds. The van der Waals surface area contributed by atoms with Crippen LogP contribution in [0, 0.1) is 0 Å². The van der Waals surface area contributed by atoms with E-state index in [1.54, 1.807) is 20.8 Å². The summed E-state index contributed by atoms with van der Waals surface area (Å²) in [5, 5.41) is 14.1. The fourth-order valence-corrected chi connectivity index (χ4v) is 3.94. The molecule has 0 aromatic heterocycles. The molecule has 214 valence electrons. The summed E-state index contributed by atoms with van der Waals surface area (Å²) in [6.45, 7) is 10.5. The number of rotatable bonds is 15. The van der Waals surface area contributed by atoms with Gasteiger partial charge in [-0.15, -0.1) is 0 Å². The summed E-state index contributed by atoms with van der Waals surface area (Å²) in [5.41, 5.74) is 2.80. The minimum Gasteiger partial charge on any atom is -0.444 e. The molecule has 3 aromatic rings. The number of hydrogen-bond acceptors (Lipinski definition) is 6. The summed E-state index contributed by atoms with van der Waals surface area (Å²) in [5.74, 6) is 0. The minimum atomic E-state index is -1.04. The van der Waals surface area contributed by atoms with Crippen LogP contribution in [0.2, 0.25) is 0 Å². The van der Waals surface area contributed by atoms with Gasteiger partial charge in [-0.05, 0) is 43.0 Å². The van der Waals surface area contributed by atoms with Crippen LogP contribution in [-0.2, 0) is 38.8 Å². The number of hydrogen-bond donors (Lipinski definition) is 2. The van der Waals surface area contributed by atoms with Crippen LogP contribution in [0.5, 0.6) is 0 Å². The Kier molecular flexibility index (Phi) is 12.4. The van der Waals surface area contributed by atoms with Crippen molar-refractivity contribution in [3.05, 3.63) is 120 Å². The molecular formula is C33H41NO6. The number of nitrogens with one attached hydrogen (secondary N) is 1. The number of aliphatic hydroxyl groups excluding tert-OH is 1. The molecule has 0 fully saturated rings. The van der Waals surface area contributed by atoms with Gasteiger partial charge in [0, 0.05) is 6.54 Å². The number of ether oxygens (including phenoxy) is 4. The molecule has 2 N–H and O–H groups in total. The highest BCUT2D eigenvalue weighted by Gasteiger charge is 2.33. The summed E-state index contributed by atoms with van der Waals surface area (Å²) >= 11 is 0. The lowest BCUT2D eigenvalue weighted by molar-refractivity contribution is -0.137. The van der Waals surface area contributed by atoms with Gasteiger partial charge in [0.05, 0.1) is 26.4 Å². The van der Waals surface area contributed by atoms with Crippen molar-refractivity contribution in [2.45, 2.75) is 64.5 Å². The average Bonchev–Trinajstić information content (AvgIpc) is 2.94. The van der Waals surface area contributed by atoms with E-state index in [1.807, 2.05) is 91.0 Å². The lowest BCUT2D eigenvalue weighted by atomic mass is 10.0. The van der Waals surface area contributed by atoms with Gasteiger partial charge in [-0.3, -0.25) is 0 Å². The van der Waals surface area contributed by atoms with Crippen LogP contribution >= 0.6 is 0 Å². The molecule has 0 aliphatic rings. The van der Waals surface area contributed by atoms with E-state index in [9.17, 15) is 9.90 Å². The van der Waals surface area contributed by atoms with Gasteiger partial charge in [-0.1, -0.05) is 97.6 Å². The average molecular weight is 548 g/mol. The van der Waals surface area contributed by atoms with Crippen molar-refractivity contribution in [3.63, 3.8) is 0 Å². The van der Waals surface area contributed by atoms with Crippen LogP contribution < -0.4 is 5.32 Å². The predicted octanol–water partition coefficient (Wildman–Crippen LogP) is 5.82. The topological polar surface area (TPSA) is 86.3 Å². The first-order chi connectivity index (χ1) is 19.2. The zero-order chi connectivity index (χ0) is 28.8. The summed E-state index contributed by atoms with van der Waals surface area (Å²) in [4.78, 5) is 12.3. The van der Waals surface area contributed by atoms with Crippen LogP contribution in [0.4, 0.5) is 4.79 Å². The quantitative estimate of drug-likeness (QED) is 0.233. The maximum Gasteiger partial charge on any atom is 0.407 e. The normalized spacial score (nSPS) is 13.7. The van der Waals surface area contributed by atoms with E-state index in [-0.39, 0.29) is 26.4 Å². The van der Waals surface area contributed by atoms with Gasteiger partial charge in [0.1, 0.15) is 23.9 Å². The van der Waals surface area contributed by atoms with Gasteiger partial charge in [0.15, 0.2) is 0 Å². The number of aliphatic hydroxyl groups is 1. The van der Waals surface area contributed by atoms with Crippen LogP contribution in [0.3, 0.4) is 0 Å². The van der Waals surface area contributed by atoms with Crippen LogP contribution in [0.25, 0.3) is 0 Å². The second-order valence-corrected chi connectivity index (χ2v) is 10.6. The second-order valence-electron chi connectivity index (χ2n) is 10.6. The van der Waals surface area contributed by atoms with Crippen molar-refractivity contribution in [1.29, 1.82) is 0 Å². The lowest BCUT2D eigenvalue weighted by Crippen LogP contribution is -2.46. The number of amides is 1. The lowest BCUT2D eigenvalue weighted by Gasteiger charge is -2.32. The summed E-state index contributed by atoms with van der Waals surface area (Å²) < 4.78 is 23.8. The molecule has 0 aliphatic heterocycles. The van der Waals surface area contributed by atoms with Crippen molar-refractivity contribution in [2.75, 3.05) is 13.2 Å². The zero-order valence-corrected chi connectivity index (χ0v) is 23.6. The summed E-state index contributed by atoms with van der Waals surface area (Å²) in [6, 6.07) is 29.2. The molecule has 3 atom stereocenters. The highest BCUT2D eigenvalue weighted by Crippen LogP contribution is 2.21. The first-order valence-corrected chi connectivity index (χ1v) is 13.5. The number of benzene rings is 3. The first-order valence-electron chi connectivity index (χ1n) is 13.5. The third-order valence-corrected chi connectivity index (χ3v) is 5.90. The molecule has 7 heteroatoms. The number of carbonyl (C=O) groups excluding carboxylic acids is 1. The van der Waals surface area contributed by atoms with E-state index in [2.05, 4.69) is 11.9 Å². The monoisotopic (exact) mass is 547 g/mol. The van der Waals surface area contributed by atoms with Crippen molar-refractivity contribution >= 4 is 6.09 Å². The van der Waals surface area contributed by atoms with E-state index >= 15 is 0 Å². The van der Waals surface area contributed by atoms with Crippen LogP contribution in [0.15, 0.2) is 103 Å². The smallest absolute Gasteiger partial charge is 0.407 e. The van der Waals surface area contributed by atoms with Crippen LogP contribution in [-0.4, -0.2) is 48.3 Å². The number of alkyl carbamates (subject to hydrolysis) is 1. The molecule has 3 aromatic carbocycles. The second kappa shape index (κ2) is 15.9. The fraction of sp³-hybridized carbons (Fsp3) is 0.364. The Hall–Kier alpha value is -3.49. The Bertz CT molecular complexity index is 1150. The Balaban J connectivity index is 1.76. The van der Waals surface area contributed by atoms with E-state index < -0.39 is 30.0 Å². The molecule has 3 rings (SSSR count). The van der Waals surface area contributed by atoms with Crippen molar-refractivity contribution in [3.8, 4) is 0 Å². The molecule has 0 heterocycles. The highest BCUT2D eigenvalue weighted by molar-refractivity contribution is 5.68. The molecule has 7 nitrogen and oxygen atoms in total. The predicted molar refractivity (Wildman–Crippen MR) is 156 cm³/mol. The Morgan fingerprint density at radius 1 is 0.800 bits per heavy atom. The third-order valence-electron chi connectivity index (χ3n) is 5.90. The van der Waals surface area contributed by atoms with E-state index in [0.29, 0.717) is 12.2 Å². The first kappa shape index (κ1) is 31.0. The minimum absolute atomic E-state index is 0.0202. The Morgan fingerprint density at radius 2 is 1.27 bits per heavy atom. The summed E-state index contributed by atoms with van der Waals surface area (Å²) in [6.07, 6.45) is -3.18. The SMILES string of the molecule is C=C(CNC(=O)OC(C)(C)C)[C@@H](OCc1ccccc1)[C@@H](OCc1ccccc1)[C@H](O)COCc1ccccc1. The zero-order valence-electron chi connectivity index (χ0n) is 23.6. The van der Waals surface area contributed by atoms with Gasteiger partial charge < -0.3 is 29.4 Å². The molecule has 0 radical (unpaired) electrons. The van der Waals surface area contributed by atoms with E-state index in [4.69, 9.17) is 18.9 Å². The molecule has 40 heavy (non-hydrogen) atoms. The highest BCUT2D eigenvalue weighted by atomic mass is 16.6. The molecule has 0 unspecified atom stereocenters. The molecule has 0 saturated carbocycles. The van der Waals surface area contributed by atoms with E-state index in [0.717, 1.165) is 16.7 Å². The Morgan fingerprint density at radius 3 is 1.77 bits per heavy atom. The summed E-state index contributed by atoms with van der Waals surface area (Å²) in [7, 11) is 0. The van der Waals surface area contributed by atoms with Gasteiger partial charge in [-0.2, -0.15) is 0 Å². The van der Waals surface area contributed by atoms with Crippen molar-refractivity contribution in [2.24, 2.45) is 0 Å².